The number of carbonyl (C=O) groups is 2. The molecule has 3 amide bonds. The molecule has 0 saturated heterocycles. The van der Waals surface area contributed by atoms with E-state index >= 15 is 0 Å². The zero-order valence-corrected chi connectivity index (χ0v) is 17.3. The third-order valence-corrected chi connectivity index (χ3v) is 5.03. The van der Waals surface area contributed by atoms with Crippen molar-refractivity contribution in [3.05, 3.63) is 54.3 Å². The van der Waals surface area contributed by atoms with Gasteiger partial charge in [-0.15, -0.1) is 10.2 Å². The number of rotatable bonds is 7. The number of nitrogens with zero attached hydrogens (tertiary/aromatic N) is 3. The second kappa shape index (κ2) is 9.42. The van der Waals surface area contributed by atoms with Gasteiger partial charge >= 0.3 is 6.03 Å². The predicted molar refractivity (Wildman–Crippen MR) is 110 cm³/mol. The first kappa shape index (κ1) is 20.7. The highest BCUT2D eigenvalue weighted by molar-refractivity contribution is 8.00. The zero-order valence-electron chi connectivity index (χ0n) is 16.5. The maximum Gasteiger partial charge on any atom is 0.321 e. The molecule has 0 aliphatic carbocycles. The van der Waals surface area contributed by atoms with Crippen LogP contribution in [0.3, 0.4) is 0 Å². The Morgan fingerprint density at radius 2 is 1.86 bits per heavy atom. The SMILES string of the molecule is CC(C)NC(=O)NC(=O)[C@@H](C)Sc1nnc(-c2ccco2)n1Cc1ccccc1. The summed E-state index contributed by atoms with van der Waals surface area (Å²) in [6, 6.07) is 12.9. The highest BCUT2D eigenvalue weighted by Gasteiger charge is 2.23. The Balaban J connectivity index is 1.79. The molecule has 0 fully saturated rings. The summed E-state index contributed by atoms with van der Waals surface area (Å²) in [5, 5.41) is 13.5. The van der Waals surface area contributed by atoms with Crippen molar-refractivity contribution in [2.24, 2.45) is 0 Å². The van der Waals surface area contributed by atoms with Gasteiger partial charge in [0.15, 0.2) is 10.9 Å². The molecule has 2 heterocycles. The molecule has 0 bridgehead atoms. The number of furan rings is 1. The number of carbonyl (C=O) groups excluding carboxylic acids is 2. The van der Waals surface area contributed by atoms with Crippen molar-refractivity contribution in [1.82, 2.24) is 25.4 Å². The first-order valence-corrected chi connectivity index (χ1v) is 10.1. The minimum absolute atomic E-state index is 0.0596. The topological polar surface area (TPSA) is 102 Å². The number of imide groups is 1. The Hall–Kier alpha value is -3.07. The van der Waals surface area contributed by atoms with Crippen LogP contribution in [0.2, 0.25) is 0 Å². The van der Waals surface area contributed by atoms with E-state index < -0.39 is 17.2 Å². The van der Waals surface area contributed by atoms with E-state index in [2.05, 4.69) is 20.8 Å². The number of hydrogen-bond donors (Lipinski definition) is 2. The summed E-state index contributed by atoms with van der Waals surface area (Å²) in [6.45, 7) is 5.89. The lowest BCUT2D eigenvalue weighted by atomic mass is 10.2. The number of nitrogens with one attached hydrogen (secondary N) is 2. The maximum absolute atomic E-state index is 12.4. The fraction of sp³-hybridized carbons (Fsp3) is 0.300. The van der Waals surface area contributed by atoms with Gasteiger partial charge in [0.1, 0.15) is 0 Å². The van der Waals surface area contributed by atoms with E-state index in [-0.39, 0.29) is 6.04 Å². The average Bonchev–Trinajstić information content (AvgIpc) is 3.32. The number of urea groups is 1. The quantitative estimate of drug-likeness (QED) is 0.576. The summed E-state index contributed by atoms with van der Waals surface area (Å²) in [4.78, 5) is 24.2. The summed E-state index contributed by atoms with van der Waals surface area (Å²) in [5.74, 6) is 0.766. The fourth-order valence-electron chi connectivity index (χ4n) is 2.60. The number of thioether (sulfide) groups is 1. The van der Waals surface area contributed by atoms with Gasteiger partial charge in [-0.3, -0.25) is 14.7 Å². The molecule has 8 nitrogen and oxygen atoms in total. The second-order valence-electron chi connectivity index (χ2n) is 6.73. The standard InChI is InChI=1S/C20H23N5O3S/c1-13(2)21-19(27)22-18(26)14(3)29-20-24-23-17(16-10-7-11-28-16)25(20)12-15-8-5-4-6-9-15/h4-11,13-14H,12H2,1-3H3,(H2,21,22,26,27)/t14-/m1/s1. The molecule has 0 aliphatic rings. The van der Waals surface area contributed by atoms with Crippen molar-refractivity contribution in [2.45, 2.75) is 43.8 Å². The second-order valence-corrected chi connectivity index (χ2v) is 8.04. The van der Waals surface area contributed by atoms with Crippen LogP contribution in [0.25, 0.3) is 11.6 Å². The van der Waals surface area contributed by atoms with Crippen molar-refractivity contribution in [2.75, 3.05) is 0 Å². The van der Waals surface area contributed by atoms with Crippen LogP contribution < -0.4 is 10.6 Å². The van der Waals surface area contributed by atoms with Crippen LogP contribution >= 0.6 is 11.8 Å². The van der Waals surface area contributed by atoms with Crippen LogP contribution in [0.4, 0.5) is 4.79 Å². The zero-order chi connectivity index (χ0) is 20.8. The molecule has 0 aliphatic heterocycles. The van der Waals surface area contributed by atoms with Gasteiger partial charge in [0.05, 0.1) is 18.1 Å². The van der Waals surface area contributed by atoms with Crippen LogP contribution in [-0.2, 0) is 11.3 Å². The van der Waals surface area contributed by atoms with E-state index in [0.717, 1.165) is 5.56 Å². The normalized spacial score (nSPS) is 12.0. The molecule has 2 aromatic heterocycles. The Bertz CT molecular complexity index is 954. The van der Waals surface area contributed by atoms with Crippen LogP contribution in [0.5, 0.6) is 0 Å². The van der Waals surface area contributed by atoms with Crippen molar-refractivity contribution in [3.63, 3.8) is 0 Å². The van der Waals surface area contributed by atoms with Gasteiger partial charge in [-0.2, -0.15) is 0 Å². The van der Waals surface area contributed by atoms with Gasteiger partial charge in [-0.1, -0.05) is 42.1 Å². The average molecular weight is 414 g/mol. The fourth-order valence-corrected chi connectivity index (χ4v) is 3.44. The predicted octanol–water partition coefficient (Wildman–Crippen LogP) is 3.30. The number of benzene rings is 1. The lowest BCUT2D eigenvalue weighted by molar-refractivity contribution is -0.119. The first-order chi connectivity index (χ1) is 13.9. The minimum Gasteiger partial charge on any atom is -0.461 e. The number of hydrogen-bond acceptors (Lipinski definition) is 6. The third kappa shape index (κ3) is 5.47. The van der Waals surface area contributed by atoms with Gasteiger partial charge in [0, 0.05) is 6.04 Å². The van der Waals surface area contributed by atoms with Gasteiger partial charge in [0.2, 0.25) is 11.7 Å². The van der Waals surface area contributed by atoms with E-state index in [1.165, 1.54) is 11.8 Å². The molecule has 3 aromatic rings. The number of aromatic nitrogens is 3. The van der Waals surface area contributed by atoms with Gasteiger partial charge in [-0.05, 0) is 38.5 Å². The summed E-state index contributed by atoms with van der Waals surface area (Å²) < 4.78 is 7.39. The molecular weight excluding hydrogens is 390 g/mol. The van der Waals surface area contributed by atoms with E-state index in [4.69, 9.17) is 4.42 Å². The molecular formula is C20H23N5O3S. The molecule has 9 heteroatoms. The summed E-state index contributed by atoms with van der Waals surface area (Å²) in [5.41, 5.74) is 1.07. The maximum atomic E-state index is 12.4. The molecule has 0 radical (unpaired) electrons. The smallest absolute Gasteiger partial charge is 0.321 e. The molecule has 0 unspecified atom stereocenters. The molecule has 29 heavy (non-hydrogen) atoms. The molecule has 152 valence electrons. The summed E-state index contributed by atoms with van der Waals surface area (Å²) in [7, 11) is 0. The number of amides is 3. The Morgan fingerprint density at radius 3 is 2.52 bits per heavy atom. The van der Waals surface area contributed by atoms with Crippen LogP contribution in [0, 0.1) is 0 Å². The van der Waals surface area contributed by atoms with E-state index in [1.54, 1.807) is 19.3 Å². The molecule has 1 atom stereocenters. The monoisotopic (exact) mass is 413 g/mol. The van der Waals surface area contributed by atoms with E-state index in [9.17, 15) is 9.59 Å². The van der Waals surface area contributed by atoms with Crippen LogP contribution in [0.1, 0.15) is 26.3 Å². The summed E-state index contributed by atoms with van der Waals surface area (Å²) in [6.07, 6.45) is 1.58. The molecule has 0 saturated carbocycles. The van der Waals surface area contributed by atoms with Crippen molar-refractivity contribution < 1.29 is 14.0 Å². The molecule has 0 spiro atoms. The summed E-state index contributed by atoms with van der Waals surface area (Å²) >= 11 is 1.23. The Kier molecular flexibility index (Phi) is 6.71. The molecule has 1 aromatic carbocycles. The minimum atomic E-state index is -0.545. The largest absolute Gasteiger partial charge is 0.461 e. The van der Waals surface area contributed by atoms with Gasteiger partial charge in [0.25, 0.3) is 0 Å². The Labute approximate surface area is 173 Å². The van der Waals surface area contributed by atoms with Crippen molar-refractivity contribution in [1.29, 1.82) is 0 Å². The van der Waals surface area contributed by atoms with Gasteiger partial charge < -0.3 is 9.73 Å². The Morgan fingerprint density at radius 1 is 1.10 bits per heavy atom. The third-order valence-electron chi connectivity index (χ3n) is 3.95. The molecule has 3 rings (SSSR count). The van der Waals surface area contributed by atoms with Gasteiger partial charge in [-0.25, -0.2) is 4.79 Å². The lowest BCUT2D eigenvalue weighted by Gasteiger charge is -2.14. The highest BCUT2D eigenvalue weighted by Crippen LogP contribution is 2.28. The lowest BCUT2D eigenvalue weighted by Crippen LogP contribution is -2.45. The van der Waals surface area contributed by atoms with Crippen LogP contribution in [0.15, 0.2) is 58.3 Å². The molecule has 2 N–H and O–H groups in total. The van der Waals surface area contributed by atoms with Crippen molar-refractivity contribution >= 4 is 23.7 Å². The first-order valence-electron chi connectivity index (χ1n) is 9.23. The van der Waals surface area contributed by atoms with E-state index in [0.29, 0.717) is 23.3 Å². The van der Waals surface area contributed by atoms with E-state index in [1.807, 2.05) is 54.8 Å². The highest BCUT2D eigenvalue weighted by atomic mass is 32.2. The van der Waals surface area contributed by atoms with Crippen molar-refractivity contribution in [3.8, 4) is 11.6 Å². The van der Waals surface area contributed by atoms with Crippen LogP contribution in [-0.4, -0.2) is 38.0 Å².